The van der Waals surface area contributed by atoms with E-state index in [1.807, 2.05) is 13.8 Å². The average molecular weight is 208 g/mol. The Bertz CT molecular complexity index is 243. The Morgan fingerprint density at radius 2 is 1.67 bits per heavy atom. The summed E-state index contributed by atoms with van der Waals surface area (Å²) in [5.74, 6) is 11.4. The number of hydrogen-bond acceptors (Lipinski definition) is 2. The summed E-state index contributed by atoms with van der Waals surface area (Å²) in [7, 11) is 0. The van der Waals surface area contributed by atoms with Crippen LogP contribution in [0.2, 0.25) is 0 Å². The topological polar surface area (TPSA) is 18.5 Å². The quantitative estimate of drug-likeness (QED) is 0.379. The molecule has 0 aliphatic rings. The minimum absolute atomic E-state index is 0.430. The van der Waals surface area contributed by atoms with Crippen LogP contribution in [0, 0.1) is 23.7 Å². The lowest BCUT2D eigenvalue weighted by molar-refractivity contribution is -0.0969. The van der Waals surface area contributed by atoms with Gasteiger partial charge in [0, 0.05) is 19.6 Å². The van der Waals surface area contributed by atoms with Gasteiger partial charge in [0.25, 0.3) is 0 Å². The SMILES string of the molecule is CCCCC#CC#CC(OCC)OCC. The maximum absolute atomic E-state index is 5.25. The molecule has 0 aromatic carbocycles. The minimum atomic E-state index is -0.430. The molecular weight excluding hydrogens is 188 g/mol. The van der Waals surface area contributed by atoms with Crippen LogP contribution in [0.5, 0.6) is 0 Å². The molecule has 0 bridgehead atoms. The predicted molar refractivity (Wildman–Crippen MR) is 62.1 cm³/mol. The third kappa shape index (κ3) is 9.35. The van der Waals surface area contributed by atoms with E-state index < -0.39 is 6.29 Å². The zero-order valence-corrected chi connectivity index (χ0v) is 9.93. The molecule has 0 aliphatic carbocycles. The summed E-state index contributed by atoms with van der Waals surface area (Å²) in [4.78, 5) is 0. The van der Waals surface area contributed by atoms with Crippen molar-refractivity contribution in [3.8, 4) is 23.7 Å². The second kappa shape index (κ2) is 11.1. The summed E-state index contributed by atoms with van der Waals surface area (Å²) in [5, 5.41) is 0. The number of unbranched alkanes of at least 4 members (excludes halogenated alkanes) is 2. The van der Waals surface area contributed by atoms with Gasteiger partial charge >= 0.3 is 0 Å². The van der Waals surface area contributed by atoms with Crippen LogP contribution in [0.1, 0.15) is 40.0 Å². The third-order valence-corrected chi connectivity index (χ3v) is 1.63. The first-order chi connectivity index (χ1) is 7.35. The summed E-state index contributed by atoms with van der Waals surface area (Å²) in [6.45, 7) is 7.18. The van der Waals surface area contributed by atoms with Gasteiger partial charge in [0.05, 0.1) is 0 Å². The van der Waals surface area contributed by atoms with Gasteiger partial charge in [-0.2, -0.15) is 0 Å². The van der Waals surface area contributed by atoms with Gasteiger partial charge in [-0.15, -0.1) is 0 Å². The molecule has 0 fully saturated rings. The van der Waals surface area contributed by atoms with Gasteiger partial charge < -0.3 is 9.47 Å². The van der Waals surface area contributed by atoms with Crippen molar-refractivity contribution in [2.45, 2.75) is 46.3 Å². The van der Waals surface area contributed by atoms with E-state index in [0.717, 1.165) is 12.8 Å². The van der Waals surface area contributed by atoms with Gasteiger partial charge in [-0.1, -0.05) is 19.3 Å². The van der Waals surface area contributed by atoms with Crippen LogP contribution in [0.4, 0.5) is 0 Å². The van der Waals surface area contributed by atoms with E-state index in [4.69, 9.17) is 9.47 Å². The Kier molecular flexibility index (Phi) is 10.4. The van der Waals surface area contributed by atoms with E-state index in [0.29, 0.717) is 13.2 Å². The summed E-state index contributed by atoms with van der Waals surface area (Å²) in [5.41, 5.74) is 0. The Morgan fingerprint density at radius 1 is 1.00 bits per heavy atom. The predicted octanol–water partition coefficient (Wildman–Crippen LogP) is 2.58. The molecule has 0 radical (unpaired) electrons. The molecule has 0 N–H and O–H groups in total. The van der Waals surface area contributed by atoms with Crippen LogP contribution >= 0.6 is 0 Å². The van der Waals surface area contributed by atoms with Gasteiger partial charge in [-0.25, -0.2) is 0 Å². The Morgan fingerprint density at radius 3 is 2.20 bits per heavy atom. The molecule has 2 nitrogen and oxygen atoms in total. The number of hydrogen-bond donors (Lipinski definition) is 0. The van der Waals surface area contributed by atoms with Gasteiger partial charge in [0.2, 0.25) is 6.29 Å². The molecule has 0 aromatic rings. The van der Waals surface area contributed by atoms with E-state index in [2.05, 4.69) is 30.6 Å². The van der Waals surface area contributed by atoms with Gasteiger partial charge in [-0.3, -0.25) is 0 Å². The highest BCUT2D eigenvalue weighted by Gasteiger charge is 2.00. The first-order valence-electron chi connectivity index (χ1n) is 5.56. The second-order valence-electron chi connectivity index (χ2n) is 2.92. The number of ether oxygens (including phenoxy) is 2. The van der Waals surface area contributed by atoms with Crippen molar-refractivity contribution in [2.24, 2.45) is 0 Å². The zero-order chi connectivity index (χ0) is 11.4. The fourth-order valence-corrected chi connectivity index (χ4v) is 0.901. The maximum Gasteiger partial charge on any atom is 0.223 e. The van der Waals surface area contributed by atoms with Crippen molar-refractivity contribution >= 4 is 0 Å². The summed E-state index contributed by atoms with van der Waals surface area (Å²) in [6.07, 6.45) is 2.79. The van der Waals surface area contributed by atoms with E-state index in [-0.39, 0.29) is 0 Å². The molecule has 0 atom stereocenters. The largest absolute Gasteiger partial charge is 0.342 e. The Labute approximate surface area is 93.3 Å². The maximum atomic E-state index is 5.25. The average Bonchev–Trinajstić information content (AvgIpc) is 2.24. The highest BCUT2D eigenvalue weighted by molar-refractivity contribution is 5.26. The summed E-state index contributed by atoms with van der Waals surface area (Å²) in [6, 6.07) is 0. The van der Waals surface area contributed by atoms with Crippen LogP contribution in [-0.2, 0) is 9.47 Å². The van der Waals surface area contributed by atoms with E-state index in [1.54, 1.807) is 0 Å². The molecule has 0 heterocycles. The lowest BCUT2D eigenvalue weighted by Crippen LogP contribution is -2.14. The van der Waals surface area contributed by atoms with E-state index >= 15 is 0 Å². The molecule has 0 aromatic heterocycles. The minimum Gasteiger partial charge on any atom is -0.342 e. The van der Waals surface area contributed by atoms with Crippen molar-refractivity contribution < 1.29 is 9.47 Å². The molecule has 0 saturated carbocycles. The molecule has 0 amide bonds. The fourth-order valence-electron chi connectivity index (χ4n) is 0.901. The van der Waals surface area contributed by atoms with Crippen LogP contribution in [-0.4, -0.2) is 19.5 Å². The number of rotatable bonds is 6. The molecule has 15 heavy (non-hydrogen) atoms. The van der Waals surface area contributed by atoms with Crippen LogP contribution < -0.4 is 0 Å². The van der Waals surface area contributed by atoms with Crippen LogP contribution in [0.25, 0.3) is 0 Å². The van der Waals surface area contributed by atoms with Gasteiger partial charge in [0.1, 0.15) is 0 Å². The highest BCUT2D eigenvalue weighted by atomic mass is 16.7. The Balaban J connectivity index is 3.90. The molecule has 0 spiro atoms. The second-order valence-corrected chi connectivity index (χ2v) is 2.92. The summed E-state index contributed by atoms with van der Waals surface area (Å²) >= 11 is 0. The monoisotopic (exact) mass is 208 g/mol. The fraction of sp³-hybridized carbons (Fsp3) is 0.692. The Hall–Kier alpha value is -0.960. The van der Waals surface area contributed by atoms with Crippen LogP contribution in [0.15, 0.2) is 0 Å². The molecule has 2 heteroatoms. The molecular formula is C13H20O2. The summed E-state index contributed by atoms with van der Waals surface area (Å²) < 4.78 is 10.5. The zero-order valence-electron chi connectivity index (χ0n) is 9.93. The van der Waals surface area contributed by atoms with Crippen molar-refractivity contribution in [1.82, 2.24) is 0 Å². The first-order valence-corrected chi connectivity index (χ1v) is 5.56. The normalized spacial score (nSPS) is 9.07. The lowest BCUT2D eigenvalue weighted by Gasteiger charge is -2.08. The standard InChI is InChI=1S/C13H20O2/c1-4-7-8-9-10-11-12-13(14-5-2)15-6-3/h13H,4-8H2,1-3H3. The van der Waals surface area contributed by atoms with Crippen molar-refractivity contribution in [1.29, 1.82) is 0 Å². The highest BCUT2D eigenvalue weighted by Crippen LogP contribution is 1.92. The third-order valence-electron chi connectivity index (χ3n) is 1.63. The molecule has 0 saturated heterocycles. The first kappa shape index (κ1) is 14.0. The van der Waals surface area contributed by atoms with Gasteiger partial charge in [0.15, 0.2) is 0 Å². The van der Waals surface area contributed by atoms with E-state index in [1.165, 1.54) is 6.42 Å². The molecule has 0 aliphatic heterocycles. The van der Waals surface area contributed by atoms with Crippen molar-refractivity contribution in [3.05, 3.63) is 0 Å². The van der Waals surface area contributed by atoms with Crippen LogP contribution in [0.3, 0.4) is 0 Å². The molecule has 84 valence electrons. The van der Waals surface area contributed by atoms with Crippen molar-refractivity contribution in [3.63, 3.8) is 0 Å². The molecule has 0 unspecified atom stereocenters. The van der Waals surface area contributed by atoms with E-state index in [9.17, 15) is 0 Å². The molecule has 0 rings (SSSR count). The smallest absolute Gasteiger partial charge is 0.223 e. The van der Waals surface area contributed by atoms with Crippen molar-refractivity contribution in [2.75, 3.05) is 13.2 Å². The lowest BCUT2D eigenvalue weighted by atomic mass is 10.2. The van der Waals surface area contributed by atoms with Gasteiger partial charge in [-0.05, 0) is 38.0 Å².